The predicted octanol–water partition coefficient (Wildman–Crippen LogP) is 3.07. The number of ether oxygens (including phenoxy) is 1. The highest BCUT2D eigenvalue weighted by Crippen LogP contribution is 2.24. The first-order valence-electron chi connectivity index (χ1n) is 12.2. The van der Waals surface area contributed by atoms with Gasteiger partial charge in [-0.3, -0.25) is 9.59 Å². The van der Waals surface area contributed by atoms with Crippen LogP contribution in [0.5, 0.6) is 5.75 Å². The summed E-state index contributed by atoms with van der Waals surface area (Å²) in [5, 5.41) is 20.9. The number of amides is 2. The van der Waals surface area contributed by atoms with Gasteiger partial charge in [0.1, 0.15) is 24.4 Å². The number of nitrogens with zero attached hydrogens (tertiary/aromatic N) is 2. The van der Waals surface area contributed by atoms with E-state index in [1.807, 2.05) is 6.07 Å². The molecule has 0 spiro atoms. The number of likely N-dealkylation sites (tertiary alicyclic amines) is 1. The van der Waals surface area contributed by atoms with Gasteiger partial charge in [-0.2, -0.15) is 0 Å². The summed E-state index contributed by atoms with van der Waals surface area (Å²) in [6, 6.07) is 13.1. The van der Waals surface area contributed by atoms with Crippen LogP contribution < -0.4 is 10.1 Å². The molecule has 2 N–H and O–H groups in total. The monoisotopic (exact) mass is 559 g/mol. The minimum Gasteiger partial charge on any atom is -0.480 e. The highest BCUT2D eigenvalue weighted by molar-refractivity contribution is 8.13. The summed E-state index contributed by atoms with van der Waals surface area (Å²) < 4.78 is 5.25. The van der Waals surface area contributed by atoms with Gasteiger partial charge >= 0.3 is 11.3 Å². The number of benzene rings is 2. The maximum Gasteiger partial charge on any atom is 0.372 e. The van der Waals surface area contributed by atoms with Gasteiger partial charge in [0.15, 0.2) is 0 Å². The Morgan fingerprint density at radius 2 is 1.87 bits per heavy atom. The number of rotatable bonds is 12. The van der Waals surface area contributed by atoms with Gasteiger partial charge in [-0.1, -0.05) is 49.4 Å². The number of thioether (sulfide) groups is 1. The van der Waals surface area contributed by atoms with Gasteiger partial charge in [0.2, 0.25) is 11.8 Å². The molecule has 2 aromatic carbocycles. The molecule has 0 radical (unpaired) electrons. The van der Waals surface area contributed by atoms with Crippen LogP contribution in [0.25, 0.3) is 0 Å². The molecular formula is C26H29N3O9S. The van der Waals surface area contributed by atoms with Gasteiger partial charge in [-0.25, -0.2) is 9.59 Å². The Morgan fingerprint density at radius 1 is 1.15 bits per heavy atom. The van der Waals surface area contributed by atoms with E-state index in [0.29, 0.717) is 24.9 Å². The molecule has 0 aliphatic carbocycles. The van der Waals surface area contributed by atoms with E-state index in [4.69, 9.17) is 4.74 Å². The Morgan fingerprint density at radius 3 is 2.56 bits per heavy atom. The van der Waals surface area contributed by atoms with Gasteiger partial charge in [-0.05, 0) is 47.9 Å². The number of carboxylic acid groups (broad SMARTS) is 1. The smallest absolute Gasteiger partial charge is 0.372 e. The number of hydrogen-bond donors (Lipinski definition) is 2. The van der Waals surface area contributed by atoms with Crippen LogP contribution in [-0.4, -0.2) is 62.6 Å². The lowest BCUT2D eigenvalue weighted by Crippen LogP contribution is -2.52. The van der Waals surface area contributed by atoms with Crippen LogP contribution in [0, 0.1) is 16.0 Å². The second-order valence-electron chi connectivity index (χ2n) is 8.99. The van der Waals surface area contributed by atoms with Crippen LogP contribution in [0.3, 0.4) is 0 Å². The second kappa shape index (κ2) is 14.1. The first-order chi connectivity index (χ1) is 18.6. The van der Waals surface area contributed by atoms with Crippen LogP contribution in [-0.2, 0) is 32.2 Å². The number of hydrogen-bond acceptors (Lipinski definition) is 9. The van der Waals surface area contributed by atoms with Crippen molar-refractivity contribution in [3.8, 4) is 5.75 Å². The molecule has 1 aliphatic rings. The number of carboxylic acids is 1. The van der Waals surface area contributed by atoms with E-state index in [1.54, 1.807) is 43.3 Å². The fourth-order valence-corrected chi connectivity index (χ4v) is 4.80. The standard InChI is InChI=1S/C26H29N3O9S/c1-17(16-39-26(34)38-20-10-5-9-19(13-20)15-37-29(35)36)24(31)28-12-6-11-22(28)23(30)27-21(25(32)33)14-18-7-3-2-4-8-18/h2-5,7-10,13,17,21-22H,6,11-12,14-16H2,1H3,(H,27,30)(H,32,33)/t17-,21-,22+/m1/s1. The third kappa shape index (κ3) is 8.99. The van der Waals surface area contributed by atoms with E-state index >= 15 is 0 Å². The summed E-state index contributed by atoms with van der Waals surface area (Å²) in [6.45, 7) is 1.70. The average molecular weight is 560 g/mol. The summed E-state index contributed by atoms with van der Waals surface area (Å²) >= 11 is 0.790. The van der Waals surface area contributed by atoms with Crippen LogP contribution in [0.1, 0.15) is 30.9 Å². The molecule has 0 bridgehead atoms. The molecular weight excluding hydrogens is 530 g/mol. The molecule has 13 heteroatoms. The normalized spacial score (nSPS) is 16.1. The quantitative estimate of drug-likeness (QED) is 0.224. The molecule has 39 heavy (non-hydrogen) atoms. The van der Waals surface area contributed by atoms with Crippen molar-refractivity contribution in [1.29, 1.82) is 0 Å². The predicted molar refractivity (Wildman–Crippen MR) is 140 cm³/mol. The molecule has 2 aromatic rings. The average Bonchev–Trinajstić information content (AvgIpc) is 3.40. The third-order valence-electron chi connectivity index (χ3n) is 6.04. The number of carbonyl (C=O) groups is 4. The van der Waals surface area contributed by atoms with Gasteiger partial charge in [0.05, 0.1) is 0 Å². The third-order valence-corrected chi connectivity index (χ3v) is 7.03. The summed E-state index contributed by atoms with van der Waals surface area (Å²) in [4.78, 5) is 66.2. The second-order valence-corrected chi connectivity index (χ2v) is 9.94. The zero-order valence-electron chi connectivity index (χ0n) is 21.2. The zero-order chi connectivity index (χ0) is 28.4. The minimum absolute atomic E-state index is 0.0956. The van der Waals surface area contributed by atoms with Crippen molar-refractivity contribution >= 4 is 34.8 Å². The highest BCUT2D eigenvalue weighted by Gasteiger charge is 2.37. The van der Waals surface area contributed by atoms with E-state index in [1.165, 1.54) is 17.0 Å². The fraction of sp³-hybridized carbons (Fsp3) is 0.385. The van der Waals surface area contributed by atoms with Crippen molar-refractivity contribution in [2.45, 2.75) is 44.9 Å². The molecule has 2 amide bonds. The van der Waals surface area contributed by atoms with Crippen molar-refractivity contribution < 1.29 is 38.9 Å². The molecule has 0 aromatic heterocycles. The van der Waals surface area contributed by atoms with E-state index in [9.17, 15) is 34.4 Å². The highest BCUT2D eigenvalue weighted by atomic mass is 32.2. The Bertz CT molecular complexity index is 1190. The minimum atomic E-state index is -1.16. The van der Waals surface area contributed by atoms with E-state index in [2.05, 4.69) is 10.2 Å². The van der Waals surface area contributed by atoms with Crippen LogP contribution >= 0.6 is 11.8 Å². The number of carbonyl (C=O) groups excluding carboxylic acids is 3. The maximum atomic E-state index is 13.1. The molecule has 3 rings (SSSR count). The van der Waals surface area contributed by atoms with Gasteiger partial charge in [-0.15, -0.1) is 10.1 Å². The largest absolute Gasteiger partial charge is 0.480 e. The molecule has 208 valence electrons. The summed E-state index contributed by atoms with van der Waals surface area (Å²) in [7, 11) is 0. The van der Waals surface area contributed by atoms with Crippen LogP contribution in [0.2, 0.25) is 0 Å². The van der Waals surface area contributed by atoms with E-state index < -0.39 is 40.3 Å². The Labute approximate surface area is 228 Å². The maximum absolute atomic E-state index is 13.1. The van der Waals surface area contributed by atoms with Gasteiger partial charge in [0.25, 0.3) is 5.09 Å². The van der Waals surface area contributed by atoms with E-state index in [0.717, 1.165) is 17.3 Å². The van der Waals surface area contributed by atoms with Gasteiger partial charge < -0.3 is 24.9 Å². The fourth-order valence-electron chi connectivity index (χ4n) is 4.12. The van der Waals surface area contributed by atoms with Gasteiger partial charge in [0, 0.05) is 24.6 Å². The van der Waals surface area contributed by atoms with Crippen LogP contribution in [0.15, 0.2) is 54.6 Å². The molecule has 3 atom stereocenters. The van der Waals surface area contributed by atoms with Crippen molar-refractivity contribution in [2.75, 3.05) is 12.3 Å². The molecule has 0 saturated carbocycles. The molecule has 1 saturated heterocycles. The lowest BCUT2D eigenvalue weighted by molar-refractivity contribution is -0.763. The molecule has 0 unspecified atom stereocenters. The summed E-state index contributed by atoms with van der Waals surface area (Å²) in [5.41, 5.74) is 1.21. The van der Waals surface area contributed by atoms with Crippen molar-refractivity contribution in [2.24, 2.45) is 5.92 Å². The molecule has 1 aliphatic heterocycles. The Kier molecular flexibility index (Phi) is 10.7. The lowest BCUT2D eigenvalue weighted by Gasteiger charge is -2.27. The van der Waals surface area contributed by atoms with Crippen LogP contribution in [0.4, 0.5) is 4.79 Å². The van der Waals surface area contributed by atoms with Crippen molar-refractivity contribution in [3.63, 3.8) is 0 Å². The number of nitrogens with one attached hydrogen (secondary N) is 1. The first kappa shape index (κ1) is 29.4. The number of aliphatic carboxylic acids is 1. The van der Waals surface area contributed by atoms with Crippen molar-refractivity contribution in [3.05, 3.63) is 75.8 Å². The molecule has 12 nitrogen and oxygen atoms in total. The lowest BCUT2D eigenvalue weighted by atomic mass is 10.1. The molecule has 1 heterocycles. The summed E-state index contributed by atoms with van der Waals surface area (Å²) in [5.74, 6) is -2.35. The summed E-state index contributed by atoms with van der Waals surface area (Å²) in [6.07, 6.45) is 1.12. The SMILES string of the molecule is C[C@H](CSC(=O)Oc1cccc(CO[N+](=O)[O-])c1)C(=O)N1CCC[C@H]1C(=O)N[C@H](Cc1ccccc1)C(=O)O. The van der Waals surface area contributed by atoms with E-state index in [-0.39, 0.29) is 30.4 Å². The Hall–Kier alpha value is -4.13. The zero-order valence-corrected chi connectivity index (χ0v) is 22.0. The topological polar surface area (TPSA) is 165 Å². The molecule has 1 fully saturated rings. The first-order valence-corrected chi connectivity index (χ1v) is 13.2. The van der Waals surface area contributed by atoms with Crippen molar-refractivity contribution in [1.82, 2.24) is 10.2 Å². The Balaban J connectivity index is 1.51.